The Balaban J connectivity index is 1.69. The van der Waals surface area contributed by atoms with E-state index in [9.17, 15) is 14.4 Å². The molecule has 8 heteroatoms. The molecule has 0 heterocycles. The van der Waals surface area contributed by atoms with E-state index in [1.165, 1.54) is 7.11 Å². The van der Waals surface area contributed by atoms with Crippen molar-refractivity contribution < 1.29 is 23.9 Å². The summed E-state index contributed by atoms with van der Waals surface area (Å²) >= 11 is 5.83. The van der Waals surface area contributed by atoms with Gasteiger partial charge in [0.05, 0.1) is 13.5 Å². The second-order valence-corrected chi connectivity index (χ2v) is 5.94. The van der Waals surface area contributed by atoms with E-state index in [4.69, 9.17) is 21.1 Å². The molecule has 2 N–H and O–H groups in total. The Morgan fingerprint density at radius 1 is 0.926 bits per heavy atom. The summed E-state index contributed by atoms with van der Waals surface area (Å²) < 4.78 is 9.93. The molecule has 0 aliphatic rings. The van der Waals surface area contributed by atoms with Gasteiger partial charge in [-0.05, 0) is 30.3 Å². The Morgan fingerprint density at radius 3 is 2.30 bits per heavy atom. The number of benzene rings is 2. The van der Waals surface area contributed by atoms with Gasteiger partial charge in [0.25, 0.3) is 5.91 Å². The number of methoxy groups -OCH3 is 1. The second kappa shape index (κ2) is 10.2. The molecule has 2 amide bonds. The van der Waals surface area contributed by atoms with Crippen LogP contribution in [-0.2, 0) is 19.1 Å². The van der Waals surface area contributed by atoms with Crippen LogP contribution in [-0.4, -0.2) is 31.5 Å². The number of ether oxygens (including phenoxy) is 2. The normalized spacial score (nSPS) is 10.0. The van der Waals surface area contributed by atoms with Gasteiger partial charge in [0.15, 0.2) is 6.61 Å². The summed E-state index contributed by atoms with van der Waals surface area (Å²) in [6, 6.07) is 13.5. The molecule has 2 aromatic carbocycles. The fraction of sp³-hybridized carbons (Fsp3) is 0.211. The second-order valence-electron chi connectivity index (χ2n) is 5.50. The number of carbonyl (C=O) groups is 3. The Morgan fingerprint density at radius 2 is 1.59 bits per heavy atom. The van der Waals surface area contributed by atoms with Crippen LogP contribution in [0.15, 0.2) is 48.5 Å². The molecule has 0 saturated carbocycles. The maximum absolute atomic E-state index is 11.8. The van der Waals surface area contributed by atoms with E-state index in [0.717, 1.165) is 0 Å². The van der Waals surface area contributed by atoms with Gasteiger partial charge in [-0.3, -0.25) is 14.4 Å². The molecule has 2 rings (SSSR count). The van der Waals surface area contributed by atoms with E-state index < -0.39 is 18.5 Å². The molecule has 0 aliphatic carbocycles. The highest BCUT2D eigenvalue weighted by atomic mass is 35.5. The zero-order valence-electron chi connectivity index (χ0n) is 14.7. The Labute approximate surface area is 161 Å². The van der Waals surface area contributed by atoms with E-state index >= 15 is 0 Å². The fourth-order valence-corrected chi connectivity index (χ4v) is 2.31. The molecular formula is C19H19ClN2O5. The number of halogens is 1. The fourth-order valence-electron chi connectivity index (χ4n) is 2.12. The number of hydrogen-bond acceptors (Lipinski definition) is 5. The summed E-state index contributed by atoms with van der Waals surface area (Å²) in [6.45, 7) is -0.439. The molecule has 0 spiro atoms. The number of nitrogens with one attached hydrogen (secondary N) is 2. The first-order chi connectivity index (χ1) is 13.0. The lowest BCUT2D eigenvalue weighted by Crippen LogP contribution is -2.21. The van der Waals surface area contributed by atoms with Gasteiger partial charge in [-0.1, -0.05) is 23.7 Å². The van der Waals surface area contributed by atoms with Crippen LogP contribution in [0.5, 0.6) is 5.75 Å². The van der Waals surface area contributed by atoms with Gasteiger partial charge < -0.3 is 20.1 Å². The number of amides is 2. The van der Waals surface area contributed by atoms with Crippen molar-refractivity contribution in [3.63, 3.8) is 0 Å². The standard InChI is InChI=1S/C19H19ClN2O5/c1-26-16-7-3-6-15(11-16)22-18(24)12-27-19(25)9-8-17(23)21-14-5-2-4-13(20)10-14/h2-7,10-11H,8-9,12H2,1H3,(H,21,23)(H,22,24). The first-order valence-corrected chi connectivity index (χ1v) is 8.49. The summed E-state index contributed by atoms with van der Waals surface area (Å²) in [7, 11) is 1.52. The van der Waals surface area contributed by atoms with Gasteiger partial charge in [-0.25, -0.2) is 0 Å². The van der Waals surface area contributed by atoms with Crippen molar-refractivity contribution in [3.05, 3.63) is 53.6 Å². The molecule has 27 heavy (non-hydrogen) atoms. The minimum Gasteiger partial charge on any atom is -0.497 e. The van der Waals surface area contributed by atoms with Crippen LogP contribution < -0.4 is 15.4 Å². The first kappa shape index (κ1) is 20.3. The molecule has 0 unspecified atom stereocenters. The molecule has 0 fully saturated rings. The van der Waals surface area contributed by atoms with Crippen molar-refractivity contribution in [2.75, 3.05) is 24.4 Å². The van der Waals surface area contributed by atoms with Crippen LogP contribution in [0.1, 0.15) is 12.8 Å². The zero-order valence-corrected chi connectivity index (χ0v) is 15.4. The average Bonchev–Trinajstić information content (AvgIpc) is 2.65. The maximum Gasteiger partial charge on any atom is 0.306 e. The molecule has 0 radical (unpaired) electrons. The van der Waals surface area contributed by atoms with Gasteiger partial charge in [-0.2, -0.15) is 0 Å². The van der Waals surface area contributed by atoms with Crippen LogP contribution in [0, 0.1) is 0 Å². The summed E-state index contributed by atoms with van der Waals surface area (Å²) in [5.41, 5.74) is 1.06. The predicted octanol–water partition coefficient (Wildman–Crippen LogP) is 3.25. The lowest BCUT2D eigenvalue weighted by molar-refractivity contribution is -0.147. The number of rotatable bonds is 8. The maximum atomic E-state index is 11.8. The SMILES string of the molecule is COc1cccc(NC(=O)COC(=O)CCC(=O)Nc2cccc(Cl)c2)c1. The molecular weight excluding hydrogens is 372 g/mol. The van der Waals surface area contributed by atoms with E-state index in [1.54, 1.807) is 48.5 Å². The van der Waals surface area contributed by atoms with Crippen molar-refractivity contribution >= 4 is 40.8 Å². The van der Waals surface area contributed by atoms with Crippen molar-refractivity contribution in [1.82, 2.24) is 0 Å². The summed E-state index contributed by atoms with van der Waals surface area (Å²) in [5.74, 6) is -0.887. The molecule has 0 atom stereocenters. The molecule has 7 nitrogen and oxygen atoms in total. The van der Waals surface area contributed by atoms with Crippen molar-refractivity contribution in [2.45, 2.75) is 12.8 Å². The van der Waals surface area contributed by atoms with E-state index in [-0.39, 0.29) is 18.7 Å². The summed E-state index contributed by atoms with van der Waals surface area (Å²) in [6.07, 6.45) is -0.207. The quantitative estimate of drug-likeness (QED) is 0.675. The highest BCUT2D eigenvalue weighted by molar-refractivity contribution is 6.30. The molecule has 0 saturated heterocycles. The largest absolute Gasteiger partial charge is 0.497 e. The van der Waals surface area contributed by atoms with Crippen molar-refractivity contribution in [3.8, 4) is 5.75 Å². The van der Waals surface area contributed by atoms with Gasteiger partial charge >= 0.3 is 5.97 Å². The van der Waals surface area contributed by atoms with Gasteiger partial charge in [0.1, 0.15) is 5.75 Å². The van der Waals surface area contributed by atoms with Crippen LogP contribution in [0.25, 0.3) is 0 Å². The van der Waals surface area contributed by atoms with E-state index in [1.807, 2.05) is 0 Å². The minimum absolute atomic E-state index is 0.0666. The zero-order chi connectivity index (χ0) is 19.6. The average molecular weight is 391 g/mol. The predicted molar refractivity (Wildman–Crippen MR) is 102 cm³/mol. The molecule has 0 bridgehead atoms. The van der Waals surface area contributed by atoms with Crippen LogP contribution in [0.3, 0.4) is 0 Å². The van der Waals surface area contributed by atoms with Crippen LogP contribution >= 0.6 is 11.6 Å². The van der Waals surface area contributed by atoms with Crippen molar-refractivity contribution in [1.29, 1.82) is 0 Å². The number of anilines is 2. The Hall–Kier alpha value is -3.06. The molecule has 0 aromatic heterocycles. The summed E-state index contributed by atoms with van der Waals surface area (Å²) in [4.78, 5) is 35.3. The molecule has 142 valence electrons. The van der Waals surface area contributed by atoms with Crippen LogP contribution in [0.4, 0.5) is 11.4 Å². The van der Waals surface area contributed by atoms with E-state index in [0.29, 0.717) is 22.1 Å². The third kappa shape index (κ3) is 7.37. The molecule has 2 aromatic rings. The minimum atomic E-state index is -0.642. The third-order valence-electron chi connectivity index (χ3n) is 3.38. The first-order valence-electron chi connectivity index (χ1n) is 8.11. The van der Waals surface area contributed by atoms with Crippen molar-refractivity contribution in [2.24, 2.45) is 0 Å². The molecule has 0 aliphatic heterocycles. The lowest BCUT2D eigenvalue weighted by Gasteiger charge is -2.08. The number of esters is 1. The smallest absolute Gasteiger partial charge is 0.306 e. The van der Waals surface area contributed by atoms with Gasteiger partial charge in [-0.15, -0.1) is 0 Å². The third-order valence-corrected chi connectivity index (χ3v) is 3.62. The lowest BCUT2D eigenvalue weighted by atomic mass is 10.2. The van der Waals surface area contributed by atoms with E-state index in [2.05, 4.69) is 10.6 Å². The Kier molecular flexibility index (Phi) is 7.63. The summed E-state index contributed by atoms with van der Waals surface area (Å²) in [5, 5.41) is 5.71. The number of hydrogen-bond donors (Lipinski definition) is 2. The van der Waals surface area contributed by atoms with Gasteiger partial charge in [0.2, 0.25) is 5.91 Å². The topological polar surface area (TPSA) is 93.7 Å². The Bertz CT molecular complexity index is 825. The van der Waals surface area contributed by atoms with Gasteiger partial charge in [0, 0.05) is 28.9 Å². The number of carbonyl (C=O) groups excluding carboxylic acids is 3. The highest BCUT2D eigenvalue weighted by Gasteiger charge is 2.11. The van der Waals surface area contributed by atoms with Crippen LogP contribution in [0.2, 0.25) is 5.02 Å². The highest BCUT2D eigenvalue weighted by Crippen LogP contribution is 2.17. The monoisotopic (exact) mass is 390 g/mol.